The SMILES string of the molecule is O=C(CC(F)(F)F)c1ccc(Cl)c2ccccc12. The minimum atomic E-state index is -4.50. The molecule has 0 saturated heterocycles. The van der Waals surface area contributed by atoms with Gasteiger partial charge < -0.3 is 0 Å². The van der Waals surface area contributed by atoms with Gasteiger partial charge in [-0.1, -0.05) is 35.9 Å². The standard InChI is InChI=1S/C13H8ClF3O/c14-11-6-5-10(12(18)7-13(15,16)17)8-3-1-2-4-9(8)11/h1-6H,7H2. The fourth-order valence-electron chi connectivity index (χ4n) is 1.78. The summed E-state index contributed by atoms with van der Waals surface area (Å²) in [5.41, 5.74) is 0.0484. The van der Waals surface area contributed by atoms with Crippen LogP contribution in [-0.4, -0.2) is 12.0 Å². The van der Waals surface area contributed by atoms with Crippen LogP contribution in [0.3, 0.4) is 0 Å². The van der Waals surface area contributed by atoms with E-state index in [4.69, 9.17) is 11.6 Å². The Balaban J connectivity index is 2.52. The predicted molar refractivity (Wildman–Crippen MR) is 64.0 cm³/mol. The summed E-state index contributed by atoms with van der Waals surface area (Å²) in [6, 6.07) is 9.40. The van der Waals surface area contributed by atoms with Gasteiger partial charge in [-0.05, 0) is 17.5 Å². The van der Waals surface area contributed by atoms with Crippen LogP contribution in [-0.2, 0) is 0 Å². The van der Waals surface area contributed by atoms with E-state index in [0.29, 0.717) is 15.8 Å². The number of ketones is 1. The van der Waals surface area contributed by atoms with Gasteiger partial charge in [-0.2, -0.15) is 13.2 Å². The first kappa shape index (κ1) is 12.9. The summed E-state index contributed by atoms with van der Waals surface area (Å²) in [5, 5.41) is 1.43. The number of rotatable bonds is 2. The minimum absolute atomic E-state index is 0.0484. The normalized spacial score (nSPS) is 11.8. The van der Waals surface area contributed by atoms with E-state index >= 15 is 0 Å². The smallest absolute Gasteiger partial charge is 0.294 e. The number of carbonyl (C=O) groups excluding carboxylic acids is 1. The first-order chi connectivity index (χ1) is 8.38. The number of hydrogen-bond donors (Lipinski definition) is 0. The lowest BCUT2D eigenvalue weighted by atomic mass is 10.00. The Morgan fingerprint density at radius 1 is 1.06 bits per heavy atom. The van der Waals surface area contributed by atoms with Crippen molar-refractivity contribution in [3.8, 4) is 0 Å². The highest BCUT2D eigenvalue weighted by molar-refractivity contribution is 6.36. The molecule has 0 heterocycles. The summed E-state index contributed by atoms with van der Waals surface area (Å²) in [6.07, 6.45) is -5.96. The number of halogens is 4. The van der Waals surface area contributed by atoms with E-state index in [-0.39, 0.29) is 5.56 Å². The van der Waals surface area contributed by atoms with E-state index in [1.807, 2.05) is 0 Å². The van der Waals surface area contributed by atoms with Crippen LogP contribution in [0.5, 0.6) is 0 Å². The highest BCUT2D eigenvalue weighted by atomic mass is 35.5. The highest BCUT2D eigenvalue weighted by Crippen LogP contribution is 2.29. The first-order valence-electron chi connectivity index (χ1n) is 5.16. The van der Waals surface area contributed by atoms with E-state index in [1.165, 1.54) is 12.1 Å². The summed E-state index contributed by atoms with van der Waals surface area (Å²) in [5.74, 6) is -0.949. The van der Waals surface area contributed by atoms with Gasteiger partial charge in [0.1, 0.15) is 6.42 Å². The van der Waals surface area contributed by atoms with Crippen LogP contribution >= 0.6 is 11.6 Å². The van der Waals surface area contributed by atoms with Crippen LogP contribution in [0.4, 0.5) is 13.2 Å². The molecule has 0 bridgehead atoms. The molecule has 0 unspecified atom stereocenters. The maximum Gasteiger partial charge on any atom is 0.396 e. The Kier molecular flexibility index (Phi) is 3.30. The number of carbonyl (C=O) groups is 1. The van der Waals surface area contributed by atoms with Gasteiger partial charge in [-0.15, -0.1) is 0 Å². The molecule has 0 spiro atoms. The quantitative estimate of drug-likeness (QED) is 0.729. The Hall–Kier alpha value is -1.55. The molecule has 2 aromatic carbocycles. The molecule has 0 radical (unpaired) electrons. The Bertz CT molecular complexity index is 605. The first-order valence-corrected chi connectivity index (χ1v) is 5.53. The van der Waals surface area contributed by atoms with Crippen LogP contribution < -0.4 is 0 Å². The van der Waals surface area contributed by atoms with Crippen LogP contribution in [0.25, 0.3) is 10.8 Å². The lowest BCUT2D eigenvalue weighted by Gasteiger charge is -2.09. The van der Waals surface area contributed by atoms with Crippen molar-refractivity contribution in [2.75, 3.05) is 0 Å². The maximum atomic E-state index is 12.2. The zero-order valence-corrected chi connectivity index (χ0v) is 9.85. The minimum Gasteiger partial charge on any atom is -0.294 e. The van der Waals surface area contributed by atoms with Gasteiger partial charge >= 0.3 is 6.18 Å². The lowest BCUT2D eigenvalue weighted by Crippen LogP contribution is -2.15. The molecular weight excluding hydrogens is 265 g/mol. The summed E-state index contributed by atoms with van der Waals surface area (Å²) in [7, 11) is 0. The maximum absolute atomic E-state index is 12.2. The van der Waals surface area contributed by atoms with Crippen molar-refractivity contribution in [2.24, 2.45) is 0 Å². The number of Topliss-reactive ketones (excluding diaryl/α,β-unsaturated/α-hetero) is 1. The molecule has 0 aliphatic carbocycles. The molecule has 0 saturated carbocycles. The molecule has 0 fully saturated rings. The highest BCUT2D eigenvalue weighted by Gasteiger charge is 2.32. The van der Waals surface area contributed by atoms with Crippen molar-refractivity contribution in [3.63, 3.8) is 0 Å². The topological polar surface area (TPSA) is 17.1 Å². The van der Waals surface area contributed by atoms with Crippen molar-refractivity contribution in [3.05, 3.63) is 47.0 Å². The average Bonchev–Trinajstić information content (AvgIpc) is 2.27. The van der Waals surface area contributed by atoms with Crippen molar-refractivity contribution in [1.82, 2.24) is 0 Å². The molecule has 2 aromatic rings. The Morgan fingerprint density at radius 3 is 2.28 bits per heavy atom. The molecule has 94 valence electrons. The third-order valence-corrected chi connectivity index (χ3v) is 2.86. The molecule has 5 heteroatoms. The van der Waals surface area contributed by atoms with Crippen LogP contribution in [0.2, 0.25) is 5.02 Å². The predicted octanol–water partition coefficient (Wildman–Crippen LogP) is 4.63. The molecule has 2 rings (SSSR count). The van der Waals surface area contributed by atoms with Gasteiger partial charge in [-0.3, -0.25) is 4.79 Å². The molecule has 0 aliphatic heterocycles. The van der Waals surface area contributed by atoms with Gasteiger partial charge in [0.05, 0.1) is 0 Å². The Morgan fingerprint density at radius 2 is 1.67 bits per heavy atom. The fraction of sp³-hybridized carbons (Fsp3) is 0.154. The second kappa shape index (κ2) is 4.61. The molecule has 0 aliphatic rings. The van der Waals surface area contributed by atoms with Gasteiger partial charge in [-0.25, -0.2) is 0 Å². The number of alkyl halides is 3. The van der Waals surface area contributed by atoms with Gasteiger partial charge in [0.25, 0.3) is 0 Å². The third-order valence-electron chi connectivity index (χ3n) is 2.53. The van der Waals surface area contributed by atoms with Crippen molar-refractivity contribution in [1.29, 1.82) is 0 Å². The average molecular weight is 273 g/mol. The summed E-state index contributed by atoms with van der Waals surface area (Å²) in [4.78, 5) is 11.6. The van der Waals surface area contributed by atoms with Gasteiger partial charge in [0, 0.05) is 16.0 Å². The fourth-order valence-corrected chi connectivity index (χ4v) is 2.01. The van der Waals surface area contributed by atoms with Gasteiger partial charge in [0.15, 0.2) is 5.78 Å². The molecule has 0 aromatic heterocycles. The monoisotopic (exact) mass is 272 g/mol. The summed E-state index contributed by atoms with van der Waals surface area (Å²) >= 11 is 5.93. The largest absolute Gasteiger partial charge is 0.396 e. The summed E-state index contributed by atoms with van der Waals surface area (Å²) < 4.78 is 36.7. The van der Waals surface area contributed by atoms with E-state index in [2.05, 4.69) is 0 Å². The van der Waals surface area contributed by atoms with Crippen LogP contribution in [0, 0.1) is 0 Å². The second-order valence-electron chi connectivity index (χ2n) is 3.86. The van der Waals surface area contributed by atoms with E-state index in [1.54, 1.807) is 24.3 Å². The van der Waals surface area contributed by atoms with Crippen LogP contribution in [0.15, 0.2) is 36.4 Å². The van der Waals surface area contributed by atoms with Crippen molar-refractivity contribution >= 4 is 28.2 Å². The number of hydrogen-bond acceptors (Lipinski definition) is 1. The molecule has 0 atom stereocenters. The molecule has 0 amide bonds. The zero-order chi connectivity index (χ0) is 13.3. The van der Waals surface area contributed by atoms with Crippen molar-refractivity contribution < 1.29 is 18.0 Å². The number of fused-ring (bicyclic) bond motifs is 1. The molecule has 18 heavy (non-hydrogen) atoms. The summed E-state index contributed by atoms with van der Waals surface area (Å²) in [6.45, 7) is 0. The van der Waals surface area contributed by atoms with Gasteiger partial charge in [0.2, 0.25) is 0 Å². The van der Waals surface area contributed by atoms with E-state index < -0.39 is 18.4 Å². The molecule has 1 nitrogen and oxygen atoms in total. The molecule has 0 N–H and O–H groups in total. The van der Waals surface area contributed by atoms with Crippen LogP contribution in [0.1, 0.15) is 16.8 Å². The molecular formula is C13H8ClF3O. The zero-order valence-electron chi connectivity index (χ0n) is 9.09. The third kappa shape index (κ3) is 2.64. The van der Waals surface area contributed by atoms with Crippen molar-refractivity contribution in [2.45, 2.75) is 12.6 Å². The lowest BCUT2D eigenvalue weighted by molar-refractivity contribution is -0.125. The number of benzene rings is 2. The second-order valence-corrected chi connectivity index (χ2v) is 4.26. The van der Waals surface area contributed by atoms with E-state index in [9.17, 15) is 18.0 Å². The Labute approximate surface area is 106 Å². The van der Waals surface area contributed by atoms with E-state index in [0.717, 1.165) is 0 Å².